The van der Waals surface area contributed by atoms with Gasteiger partial charge >= 0.3 is 0 Å². The molecule has 0 aliphatic heterocycles. The predicted octanol–water partition coefficient (Wildman–Crippen LogP) is 4.13. The van der Waals surface area contributed by atoms with Crippen molar-refractivity contribution in [2.75, 3.05) is 11.9 Å². The summed E-state index contributed by atoms with van der Waals surface area (Å²) in [6.07, 6.45) is 7.46. The maximum Gasteiger partial charge on any atom is 0.0632 e. The van der Waals surface area contributed by atoms with Crippen LogP contribution in [0, 0.1) is 6.92 Å². The third-order valence-electron chi connectivity index (χ3n) is 3.27. The molecule has 1 aromatic rings. The van der Waals surface area contributed by atoms with E-state index in [-0.39, 0.29) is 12.6 Å². The Labute approximate surface area is 111 Å². The van der Waals surface area contributed by atoms with Gasteiger partial charge in [0.05, 0.1) is 6.61 Å². The number of aliphatic hydroxyl groups excluding tert-OH is 1. The Hall–Kier alpha value is -1.02. The summed E-state index contributed by atoms with van der Waals surface area (Å²) in [5, 5.41) is 12.8. The van der Waals surface area contributed by atoms with Crippen molar-refractivity contribution in [1.29, 1.82) is 0 Å². The van der Waals surface area contributed by atoms with Crippen molar-refractivity contribution >= 4 is 5.69 Å². The highest BCUT2D eigenvalue weighted by molar-refractivity contribution is 5.46. The van der Waals surface area contributed by atoms with E-state index < -0.39 is 0 Å². The van der Waals surface area contributed by atoms with Gasteiger partial charge in [-0.05, 0) is 31.0 Å². The molecule has 18 heavy (non-hydrogen) atoms. The quantitative estimate of drug-likeness (QED) is 0.645. The Morgan fingerprint density at radius 3 is 2.61 bits per heavy atom. The summed E-state index contributed by atoms with van der Waals surface area (Å²) in [5.74, 6) is 0. The van der Waals surface area contributed by atoms with Crippen LogP contribution in [0.2, 0.25) is 0 Å². The van der Waals surface area contributed by atoms with Gasteiger partial charge in [0, 0.05) is 11.7 Å². The highest BCUT2D eigenvalue weighted by Crippen LogP contribution is 2.14. The van der Waals surface area contributed by atoms with Crippen molar-refractivity contribution in [1.82, 2.24) is 0 Å². The molecule has 0 fully saturated rings. The molecular weight excluding hydrogens is 222 g/mol. The largest absolute Gasteiger partial charge is 0.394 e. The van der Waals surface area contributed by atoms with E-state index in [1.165, 1.54) is 37.7 Å². The molecule has 1 atom stereocenters. The van der Waals surface area contributed by atoms with Crippen molar-refractivity contribution in [2.24, 2.45) is 0 Å². The lowest BCUT2D eigenvalue weighted by atomic mass is 10.1. The second kappa shape index (κ2) is 8.98. The zero-order chi connectivity index (χ0) is 13.2. The first-order chi connectivity index (χ1) is 8.76. The van der Waals surface area contributed by atoms with E-state index in [1.54, 1.807) is 0 Å². The third kappa shape index (κ3) is 6.06. The van der Waals surface area contributed by atoms with E-state index in [4.69, 9.17) is 0 Å². The first-order valence-corrected chi connectivity index (χ1v) is 7.20. The molecular formula is C16H27NO. The standard InChI is InChI=1S/C16H27NO/c1-3-4-5-6-7-10-16(13-18)17-15-11-8-9-14(2)12-15/h8-9,11-12,16-18H,3-7,10,13H2,1-2H3. The second-order valence-electron chi connectivity index (χ2n) is 5.10. The first kappa shape index (κ1) is 15.0. The van der Waals surface area contributed by atoms with Gasteiger partial charge in [-0.1, -0.05) is 51.2 Å². The zero-order valence-corrected chi connectivity index (χ0v) is 11.8. The number of benzene rings is 1. The Morgan fingerprint density at radius 2 is 1.94 bits per heavy atom. The zero-order valence-electron chi connectivity index (χ0n) is 11.8. The molecule has 0 heterocycles. The Kier molecular flexibility index (Phi) is 7.51. The number of aliphatic hydroxyl groups is 1. The second-order valence-corrected chi connectivity index (χ2v) is 5.10. The van der Waals surface area contributed by atoms with E-state index in [2.05, 4.69) is 37.4 Å². The fourth-order valence-corrected chi connectivity index (χ4v) is 2.17. The number of aryl methyl sites for hydroxylation is 1. The lowest BCUT2D eigenvalue weighted by Crippen LogP contribution is -2.23. The van der Waals surface area contributed by atoms with Gasteiger partial charge in [-0.15, -0.1) is 0 Å². The topological polar surface area (TPSA) is 32.3 Å². The van der Waals surface area contributed by atoms with Crippen LogP contribution in [0.15, 0.2) is 24.3 Å². The van der Waals surface area contributed by atoms with E-state index in [9.17, 15) is 5.11 Å². The summed E-state index contributed by atoms with van der Waals surface area (Å²) in [6.45, 7) is 4.53. The van der Waals surface area contributed by atoms with Crippen LogP contribution in [0.25, 0.3) is 0 Å². The van der Waals surface area contributed by atoms with Crippen LogP contribution in [0.3, 0.4) is 0 Å². The van der Waals surface area contributed by atoms with Crippen LogP contribution in [0.4, 0.5) is 5.69 Å². The third-order valence-corrected chi connectivity index (χ3v) is 3.27. The van der Waals surface area contributed by atoms with Crippen molar-refractivity contribution in [2.45, 2.75) is 58.4 Å². The number of nitrogens with one attached hydrogen (secondary N) is 1. The molecule has 1 unspecified atom stereocenters. The van der Waals surface area contributed by atoms with Gasteiger partial charge < -0.3 is 10.4 Å². The maximum absolute atomic E-state index is 9.40. The summed E-state index contributed by atoms with van der Waals surface area (Å²) in [7, 11) is 0. The Balaban J connectivity index is 2.28. The SMILES string of the molecule is CCCCCCCC(CO)Nc1cccc(C)c1. The molecule has 102 valence electrons. The van der Waals surface area contributed by atoms with Crippen LogP contribution < -0.4 is 5.32 Å². The number of hydrogen-bond donors (Lipinski definition) is 2. The van der Waals surface area contributed by atoms with Crippen molar-refractivity contribution in [3.05, 3.63) is 29.8 Å². The number of rotatable bonds is 9. The van der Waals surface area contributed by atoms with Gasteiger partial charge in [0.15, 0.2) is 0 Å². The van der Waals surface area contributed by atoms with Crippen molar-refractivity contribution < 1.29 is 5.11 Å². The van der Waals surface area contributed by atoms with Crippen LogP contribution >= 0.6 is 0 Å². The van der Waals surface area contributed by atoms with Gasteiger partial charge in [-0.25, -0.2) is 0 Å². The van der Waals surface area contributed by atoms with Gasteiger partial charge in [-0.2, -0.15) is 0 Å². The lowest BCUT2D eigenvalue weighted by molar-refractivity contribution is 0.266. The first-order valence-electron chi connectivity index (χ1n) is 7.20. The van der Waals surface area contributed by atoms with Crippen LogP contribution in [0.1, 0.15) is 51.0 Å². The normalized spacial score (nSPS) is 12.4. The smallest absolute Gasteiger partial charge is 0.0632 e. The Bertz CT molecular complexity index is 325. The molecule has 0 aliphatic carbocycles. The highest BCUT2D eigenvalue weighted by atomic mass is 16.3. The number of hydrogen-bond acceptors (Lipinski definition) is 2. The molecule has 2 heteroatoms. The van der Waals surface area contributed by atoms with Gasteiger partial charge in [0.2, 0.25) is 0 Å². The molecule has 0 saturated heterocycles. The molecule has 1 rings (SSSR count). The molecule has 2 N–H and O–H groups in total. The molecule has 2 nitrogen and oxygen atoms in total. The van der Waals surface area contributed by atoms with Gasteiger partial charge in [0.25, 0.3) is 0 Å². The summed E-state index contributed by atoms with van der Waals surface area (Å²) in [6, 6.07) is 8.51. The monoisotopic (exact) mass is 249 g/mol. The van der Waals surface area contributed by atoms with E-state index >= 15 is 0 Å². The van der Waals surface area contributed by atoms with Crippen LogP contribution in [-0.4, -0.2) is 17.8 Å². The molecule has 0 amide bonds. The maximum atomic E-state index is 9.40. The summed E-state index contributed by atoms with van der Waals surface area (Å²) in [4.78, 5) is 0. The van der Waals surface area contributed by atoms with Gasteiger partial charge in [-0.3, -0.25) is 0 Å². The molecule has 0 aliphatic rings. The van der Waals surface area contributed by atoms with Gasteiger partial charge in [0.1, 0.15) is 0 Å². The van der Waals surface area contributed by atoms with E-state index in [0.717, 1.165) is 12.1 Å². The van der Waals surface area contributed by atoms with Crippen molar-refractivity contribution in [3.63, 3.8) is 0 Å². The van der Waals surface area contributed by atoms with Crippen LogP contribution in [0.5, 0.6) is 0 Å². The molecule has 0 bridgehead atoms. The summed E-state index contributed by atoms with van der Waals surface area (Å²) < 4.78 is 0. The number of unbranched alkanes of at least 4 members (excludes halogenated alkanes) is 4. The number of anilines is 1. The predicted molar refractivity (Wildman–Crippen MR) is 79.1 cm³/mol. The minimum atomic E-state index is 0.188. The minimum Gasteiger partial charge on any atom is -0.394 e. The van der Waals surface area contributed by atoms with E-state index in [1.807, 2.05) is 6.07 Å². The molecule has 0 aromatic heterocycles. The van der Waals surface area contributed by atoms with Crippen molar-refractivity contribution in [3.8, 4) is 0 Å². The van der Waals surface area contributed by atoms with E-state index in [0.29, 0.717) is 0 Å². The average Bonchev–Trinajstić information content (AvgIpc) is 2.37. The highest BCUT2D eigenvalue weighted by Gasteiger charge is 2.06. The molecule has 0 spiro atoms. The Morgan fingerprint density at radius 1 is 1.17 bits per heavy atom. The molecule has 0 radical (unpaired) electrons. The minimum absolute atomic E-state index is 0.188. The lowest BCUT2D eigenvalue weighted by Gasteiger charge is -2.17. The fraction of sp³-hybridized carbons (Fsp3) is 0.625. The molecule has 1 aromatic carbocycles. The summed E-state index contributed by atoms with van der Waals surface area (Å²) >= 11 is 0. The molecule has 0 saturated carbocycles. The summed E-state index contributed by atoms with van der Waals surface area (Å²) in [5.41, 5.74) is 2.36. The average molecular weight is 249 g/mol. The fourth-order valence-electron chi connectivity index (χ4n) is 2.17. The van der Waals surface area contributed by atoms with Crippen LogP contribution in [-0.2, 0) is 0 Å².